The van der Waals surface area contributed by atoms with Gasteiger partial charge in [-0.3, -0.25) is 0 Å². The lowest BCUT2D eigenvalue weighted by atomic mass is 10.1. The molecule has 1 aromatic rings. The maximum absolute atomic E-state index is 12.9. The summed E-state index contributed by atoms with van der Waals surface area (Å²) in [5, 5.41) is 17.9. The molecule has 0 aliphatic heterocycles. The summed E-state index contributed by atoms with van der Waals surface area (Å²) in [5.41, 5.74) is -2.31. The van der Waals surface area contributed by atoms with Gasteiger partial charge in [-0.1, -0.05) is 0 Å². The first kappa shape index (κ1) is 15.5. The van der Waals surface area contributed by atoms with Gasteiger partial charge in [-0.05, 0) is 25.1 Å². The van der Waals surface area contributed by atoms with Gasteiger partial charge in [0.2, 0.25) is 10.0 Å². The van der Waals surface area contributed by atoms with Crippen LogP contribution in [0.2, 0.25) is 0 Å². The summed E-state index contributed by atoms with van der Waals surface area (Å²) in [7, 11) is -4.25. The molecule has 6 nitrogen and oxygen atoms in total. The molecule has 1 unspecified atom stereocenters. The molecular weight excluding hydrogens is 284 g/mol. The number of sulfonamides is 1. The van der Waals surface area contributed by atoms with E-state index in [1.54, 1.807) is 4.72 Å². The zero-order valence-corrected chi connectivity index (χ0v) is 10.5. The summed E-state index contributed by atoms with van der Waals surface area (Å²) in [6, 6.07) is 1.89. The van der Waals surface area contributed by atoms with Gasteiger partial charge in [0.1, 0.15) is 0 Å². The van der Waals surface area contributed by atoms with E-state index < -0.39 is 44.7 Å². The van der Waals surface area contributed by atoms with Crippen LogP contribution in [-0.2, 0) is 14.8 Å². The standard InChI is InChI=1S/C10H11F2NO5S/c1-10(16,9(14)15)5-13-19(17,18)6-2-3-7(11)8(12)4-6/h2-4,13,16H,5H2,1H3,(H,14,15). The highest BCUT2D eigenvalue weighted by atomic mass is 32.2. The zero-order valence-electron chi connectivity index (χ0n) is 9.72. The van der Waals surface area contributed by atoms with Crippen LogP contribution in [0.3, 0.4) is 0 Å². The third-order valence-corrected chi connectivity index (χ3v) is 3.67. The van der Waals surface area contributed by atoms with Gasteiger partial charge in [-0.2, -0.15) is 0 Å². The predicted molar refractivity (Wildman–Crippen MR) is 59.8 cm³/mol. The Morgan fingerprint density at radius 1 is 1.37 bits per heavy atom. The van der Waals surface area contributed by atoms with Gasteiger partial charge in [0.15, 0.2) is 17.2 Å². The topological polar surface area (TPSA) is 104 Å². The molecule has 19 heavy (non-hydrogen) atoms. The predicted octanol–water partition coefficient (Wildman–Crippen LogP) is 0.0787. The van der Waals surface area contributed by atoms with Gasteiger partial charge in [0.05, 0.1) is 11.4 Å². The van der Waals surface area contributed by atoms with E-state index in [1.807, 2.05) is 0 Å². The van der Waals surface area contributed by atoms with Crippen molar-refractivity contribution in [1.82, 2.24) is 4.72 Å². The monoisotopic (exact) mass is 295 g/mol. The van der Waals surface area contributed by atoms with Crippen molar-refractivity contribution in [3.05, 3.63) is 29.8 Å². The Morgan fingerprint density at radius 3 is 2.42 bits per heavy atom. The molecule has 3 N–H and O–H groups in total. The van der Waals surface area contributed by atoms with Gasteiger partial charge < -0.3 is 10.2 Å². The molecule has 0 radical (unpaired) electrons. The number of benzene rings is 1. The molecule has 0 spiro atoms. The smallest absolute Gasteiger partial charge is 0.336 e. The van der Waals surface area contributed by atoms with Crippen molar-refractivity contribution >= 4 is 16.0 Å². The van der Waals surface area contributed by atoms with Crippen LogP contribution in [-0.4, -0.2) is 36.7 Å². The molecule has 1 atom stereocenters. The molecule has 9 heteroatoms. The van der Waals surface area contributed by atoms with Crippen LogP contribution >= 0.6 is 0 Å². The van der Waals surface area contributed by atoms with Gasteiger partial charge in [0, 0.05) is 0 Å². The number of rotatable bonds is 5. The molecule has 1 aromatic carbocycles. The highest BCUT2D eigenvalue weighted by molar-refractivity contribution is 7.89. The molecule has 0 fully saturated rings. The van der Waals surface area contributed by atoms with Crippen molar-refractivity contribution in [3.8, 4) is 0 Å². The van der Waals surface area contributed by atoms with E-state index in [4.69, 9.17) is 5.11 Å². The SMILES string of the molecule is CC(O)(CNS(=O)(=O)c1ccc(F)c(F)c1)C(=O)O. The number of aliphatic hydroxyl groups is 1. The Bertz CT molecular complexity index is 600. The van der Waals surface area contributed by atoms with Gasteiger partial charge in [-0.15, -0.1) is 0 Å². The van der Waals surface area contributed by atoms with Crippen LogP contribution in [0.1, 0.15) is 6.92 Å². The summed E-state index contributed by atoms with van der Waals surface area (Å²) in [6.07, 6.45) is 0. The second kappa shape index (κ2) is 5.19. The van der Waals surface area contributed by atoms with E-state index in [0.29, 0.717) is 12.1 Å². The number of nitrogens with one attached hydrogen (secondary N) is 1. The number of carbonyl (C=O) groups is 1. The minimum atomic E-state index is -4.25. The Labute approximate surface area is 107 Å². The number of hydrogen-bond acceptors (Lipinski definition) is 4. The summed E-state index contributed by atoms with van der Waals surface area (Å²) in [6.45, 7) is 0.0762. The maximum atomic E-state index is 12.9. The zero-order chi connectivity index (χ0) is 14.8. The molecule has 0 saturated carbocycles. The highest BCUT2D eigenvalue weighted by Crippen LogP contribution is 2.14. The van der Waals surface area contributed by atoms with Crippen LogP contribution in [0.5, 0.6) is 0 Å². The molecule has 1 rings (SSSR count). The summed E-state index contributed by atoms with van der Waals surface area (Å²) in [4.78, 5) is 10.0. The summed E-state index contributed by atoms with van der Waals surface area (Å²) in [5.74, 6) is -4.19. The number of halogens is 2. The van der Waals surface area contributed by atoms with E-state index >= 15 is 0 Å². The van der Waals surface area contributed by atoms with Crippen molar-refractivity contribution in [3.63, 3.8) is 0 Å². The van der Waals surface area contributed by atoms with E-state index in [1.165, 1.54) is 0 Å². The largest absolute Gasteiger partial charge is 0.479 e. The van der Waals surface area contributed by atoms with Gasteiger partial charge in [-0.25, -0.2) is 26.7 Å². The van der Waals surface area contributed by atoms with Crippen LogP contribution in [0, 0.1) is 11.6 Å². The first-order valence-corrected chi connectivity index (χ1v) is 6.45. The molecule has 0 aliphatic rings. The first-order valence-electron chi connectivity index (χ1n) is 4.97. The highest BCUT2D eigenvalue weighted by Gasteiger charge is 2.31. The third-order valence-electron chi connectivity index (χ3n) is 2.27. The fraction of sp³-hybridized carbons (Fsp3) is 0.300. The summed E-state index contributed by atoms with van der Waals surface area (Å²) < 4.78 is 50.7. The van der Waals surface area contributed by atoms with Crippen molar-refractivity contribution in [2.24, 2.45) is 0 Å². The van der Waals surface area contributed by atoms with Gasteiger partial charge in [0.25, 0.3) is 0 Å². The molecule has 0 amide bonds. The molecule has 0 aliphatic carbocycles. The Hall–Kier alpha value is -1.58. The quantitative estimate of drug-likeness (QED) is 0.713. The molecule has 0 bridgehead atoms. The Kier molecular flexibility index (Phi) is 4.23. The van der Waals surface area contributed by atoms with Crippen molar-refractivity contribution in [2.45, 2.75) is 17.4 Å². The summed E-state index contributed by atoms with van der Waals surface area (Å²) >= 11 is 0. The number of carboxylic acids is 1. The number of aliphatic carboxylic acids is 1. The van der Waals surface area contributed by atoms with Crippen LogP contribution < -0.4 is 4.72 Å². The Balaban J connectivity index is 2.93. The van der Waals surface area contributed by atoms with Crippen LogP contribution in [0.15, 0.2) is 23.1 Å². The second-order valence-electron chi connectivity index (χ2n) is 3.98. The fourth-order valence-corrected chi connectivity index (χ4v) is 2.18. The van der Waals surface area contributed by atoms with Crippen molar-refractivity contribution < 1.29 is 32.2 Å². The molecular formula is C10H11F2NO5S. The first-order chi connectivity index (χ1) is 8.56. The maximum Gasteiger partial charge on any atom is 0.336 e. The van der Waals surface area contributed by atoms with E-state index in [0.717, 1.165) is 13.0 Å². The average molecular weight is 295 g/mol. The second-order valence-corrected chi connectivity index (χ2v) is 5.75. The van der Waals surface area contributed by atoms with E-state index in [-0.39, 0.29) is 0 Å². The molecule has 0 heterocycles. The van der Waals surface area contributed by atoms with Crippen LogP contribution in [0.25, 0.3) is 0 Å². The lowest BCUT2D eigenvalue weighted by Crippen LogP contribution is -2.46. The van der Waals surface area contributed by atoms with E-state index in [2.05, 4.69) is 0 Å². The normalized spacial score (nSPS) is 14.9. The van der Waals surface area contributed by atoms with Crippen LogP contribution in [0.4, 0.5) is 8.78 Å². The number of hydrogen-bond donors (Lipinski definition) is 3. The molecule has 106 valence electrons. The van der Waals surface area contributed by atoms with E-state index in [9.17, 15) is 27.1 Å². The third kappa shape index (κ3) is 3.69. The minimum Gasteiger partial charge on any atom is -0.479 e. The lowest BCUT2D eigenvalue weighted by Gasteiger charge is -2.18. The van der Waals surface area contributed by atoms with Crippen molar-refractivity contribution in [2.75, 3.05) is 6.54 Å². The average Bonchev–Trinajstić information content (AvgIpc) is 2.30. The van der Waals surface area contributed by atoms with Crippen molar-refractivity contribution in [1.29, 1.82) is 0 Å². The minimum absolute atomic E-state index is 0.452. The lowest BCUT2D eigenvalue weighted by molar-refractivity contribution is -0.155. The molecule has 0 aromatic heterocycles. The molecule has 0 saturated heterocycles. The fourth-order valence-electron chi connectivity index (χ4n) is 1.04. The van der Waals surface area contributed by atoms with Gasteiger partial charge >= 0.3 is 5.97 Å². The number of carboxylic acid groups (broad SMARTS) is 1. The Morgan fingerprint density at radius 2 is 1.95 bits per heavy atom.